The predicted molar refractivity (Wildman–Crippen MR) is 77.8 cm³/mol. The third kappa shape index (κ3) is 2.82. The van der Waals surface area contributed by atoms with Gasteiger partial charge in [0.15, 0.2) is 0 Å². The highest BCUT2D eigenvalue weighted by Gasteiger charge is 2.15. The molecule has 5 heteroatoms. The normalized spacial score (nSPS) is 10.3. The van der Waals surface area contributed by atoms with Gasteiger partial charge in [0.05, 0.1) is 24.9 Å². The van der Waals surface area contributed by atoms with Crippen molar-refractivity contribution in [3.8, 4) is 0 Å². The van der Waals surface area contributed by atoms with E-state index in [4.69, 9.17) is 4.74 Å². The smallest absolute Gasteiger partial charge is 0.339 e. The lowest BCUT2D eigenvalue weighted by atomic mass is 10.1. The van der Waals surface area contributed by atoms with Crippen LogP contribution in [0.25, 0.3) is 0 Å². The molecule has 5 nitrogen and oxygen atoms in total. The second-order valence-electron chi connectivity index (χ2n) is 4.49. The molecule has 0 N–H and O–H groups in total. The summed E-state index contributed by atoms with van der Waals surface area (Å²) in [7, 11) is 3.33. The molecule has 0 aliphatic carbocycles. The van der Waals surface area contributed by atoms with Crippen LogP contribution >= 0.6 is 0 Å². The number of anilines is 1. The van der Waals surface area contributed by atoms with Crippen LogP contribution in [0.3, 0.4) is 0 Å². The first-order valence-corrected chi connectivity index (χ1v) is 6.55. The zero-order valence-electron chi connectivity index (χ0n) is 12.0. The Morgan fingerprint density at radius 2 is 2.15 bits per heavy atom. The van der Waals surface area contributed by atoms with E-state index >= 15 is 0 Å². The Kier molecular flexibility index (Phi) is 4.40. The molecule has 0 unspecified atom stereocenters. The number of ether oxygens (including phenoxy) is 1. The van der Waals surface area contributed by atoms with E-state index in [2.05, 4.69) is 16.5 Å². The lowest BCUT2D eigenvalue weighted by molar-refractivity contribution is 0.0601. The van der Waals surface area contributed by atoms with Crippen LogP contribution in [0.15, 0.2) is 36.7 Å². The first kappa shape index (κ1) is 14.1. The molecule has 0 saturated heterocycles. The zero-order valence-corrected chi connectivity index (χ0v) is 12.0. The number of hydrogen-bond acceptors (Lipinski definition) is 4. The molecule has 20 heavy (non-hydrogen) atoms. The molecule has 106 valence electrons. The standard InChI is InChI=1S/C15H19N3O2/c1-4-18-10-9-16-14(18)11-17(2)13-8-6-5-7-12(13)15(19)20-3/h5-10H,4,11H2,1-3H3. The molecule has 0 spiro atoms. The molecule has 0 atom stereocenters. The number of benzene rings is 1. The number of para-hydroxylation sites is 1. The molecule has 2 rings (SSSR count). The molecule has 2 aromatic rings. The highest BCUT2D eigenvalue weighted by Crippen LogP contribution is 2.21. The molecule has 0 radical (unpaired) electrons. The highest BCUT2D eigenvalue weighted by molar-refractivity contribution is 5.95. The van der Waals surface area contributed by atoms with Crippen LogP contribution in [0.1, 0.15) is 23.1 Å². The van der Waals surface area contributed by atoms with Crippen molar-refractivity contribution in [2.45, 2.75) is 20.0 Å². The van der Waals surface area contributed by atoms with Crippen LogP contribution in [-0.2, 0) is 17.8 Å². The maximum atomic E-state index is 11.8. The molecular formula is C15H19N3O2. The quantitative estimate of drug-likeness (QED) is 0.784. The first-order chi connectivity index (χ1) is 9.67. The fourth-order valence-corrected chi connectivity index (χ4v) is 2.17. The summed E-state index contributed by atoms with van der Waals surface area (Å²) in [5, 5.41) is 0. The molecule has 0 aliphatic heterocycles. The number of hydrogen-bond donors (Lipinski definition) is 0. The van der Waals surface area contributed by atoms with E-state index in [1.807, 2.05) is 36.3 Å². The van der Waals surface area contributed by atoms with E-state index in [-0.39, 0.29) is 5.97 Å². The Balaban J connectivity index is 2.25. The summed E-state index contributed by atoms with van der Waals surface area (Å²) in [5.41, 5.74) is 1.40. The first-order valence-electron chi connectivity index (χ1n) is 6.55. The summed E-state index contributed by atoms with van der Waals surface area (Å²) >= 11 is 0. The minimum Gasteiger partial charge on any atom is -0.465 e. The third-order valence-corrected chi connectivity index (χ3v) is 3.24. The van der Waals surface area contributed by atoms with Gasteiger partial charge >= 0.3 is 5.97 Å². The number of aryl methyl sites for hydroxylation is 1. The van der Waals surface area contributed by atoms with Gasteiger partial charge in [-0.15, -0.1) is 0 Å². The second kappa shape index (κ2) is 6.23. The van der Waals surface area contributed by atoms with Gasteiger partial charge in [-0.3, -0.25) is 0 Å². The average Bonchev–Trinajstić information content (AvgIpc) is 2.93. The van der Waals surface area contributed by atoms with Gasteiger partial charge in [0.1, 0.15) is 5.82 Å². The minimum absolute atomic E-state index is 0.328. The van der Waals surface area contributed by atoms with E-state index < -0.39 is 0 Å². The van der Waals surface area contributed by atoms with Crippen molar-refractivity contribution in [3.63, 3.8) is 0 Å². The van der Waals surface area contributed by atoms with Gasteiger partial charge in [-0.25, -0.2) is 9.78 Å². The van der Waals surface area contributed by atoms with Crippen LogP contribution < -0.4 is 4.90 Å². The summed E-state index contributed by atoms with van der Waals surface area (Å²) in [6, 6.07) is 7.41. The zero-order chi connectivity index (χ0) is 14.5. The topological polar surface area (TPSA) is 47.4 Å². The number of esters is 1. The summed E-state index contributed by atoms with van der Waals surface area (Å²) in [6.07, 6.45) is 3.74. The number of carbonyl (C=O) groups excluding carboxylic acids is 1. The lowest BCUT2D eigenvalue weighted by Crippen LogP contribution is -2.22. The van der Waals surface area contributed by atoms with E-state index in [1.54, 1.807) is 12.3 Å². The Bertz CT molecular complexity index is 592. The fourth-order valence-electron chi connectivity index (χ4n) is 2.17. The molecule has 0 amide bonds. The van der Waals surface area contributed by atoms with Gasteiger partial charge in [0.2, 0.25) is 0 Å². The van der Waals surface area contributed by atoms with Crippen molar-refractivity contribution < 1.29 is 9.53 Å². The van der Waals surface area contributed by atoms with Crippen molar-refractivity contribution in [2.75, 3.05) is 19.1 Å². The number of nitrogens with zero attached hydrogens (tertiary/aromatic N) is 3. The average molecular weight is 273 g/mol. The van der Waals surface area contributed by atoms with Crippen molar-refractivity contribution in [3.05, 3.63) is 48.0 Å². The summed E-state index contributed by atoms with van der Waals surface area (Å²) in [6.45, 7) is 3.59. The monoisotopic (exact) mass is 273 g/mol. The molecular weight excluding hydrogens is 254 g/mol. The molecule has 0 bridgehead atoms. The molecule has 0 saturated carbocycles. The van der Waals surface area contributed by atoms with Gasteiger partial charge in [0, 0.05) is 26.0 Å². The van der Waals surface area contributed by atoms with Crippen molar-refractivity contribution in [1.29, 1.82) is 0 Å². The fraction of sp³-hybridized carbons (Fsp3) is 0.333. The van der Waals surface area contributed by atoms with Gasteiger partial charge < -0.3 is 14.2 Å². The summed E-state index contributed by atoms with van der Waals surface area (Å²) < 4.78 is 6.90. The maximum Gasteiger partial charge on any atom is 0.339 e. The van der Waals surface area contributed by atoms with Crippen LogP contribution in [0.4, 0.5) is 5.69 Å². The number of rotatable bonds is 5. The summed E-state index contributed by atoms with van der Waals surface area (Å²) in [5.74, 6) is 0.640. The Labute approximate surface area is 118 Å². The number of carbonyl (C=O) groups is 1. The molecule has 1 aromatic carbocycles. The van der Waals surface area contributed by atoms with Gasteiger partial charge in [-0.05, 0) is 19.1 Å². The number of imidazole rings is 1. The second-order valence-corrected chi connectivity index (χ2v) is 4.49. The molecule has 0 aliphatic rings. The Morgan fingerprint density at radius 1 is 1.40 bits per heavy atom. The van der Waals surface area contributed by atoms with Gasteiger partial charge in [0.25, 0.3) is 0 Å². The predicted octanol–water partition coefficient (Wildman–Crippen LogP) is 2.33. The van der Waals surface area contributed by atoms with Gasteiger partial charge in [-0.1, -0.05) is 12.1 Å². The van der Waals surface area contributed by atoms with E-state index in [0.29, 0.717) is 12.1 Å². The minimum atomic E-state index is -0.328. The van der Waals surface area contributed by atoms with Crippen LogP contribution in [0.2, 0.25) is 0 Å². The van der Waals surface area contributed by atoms with Crippen LogP contribution in [0.5, 0.6) is 0 Å². The Morgan fingerprint density at radius 3 is 2.85 bits per heavy atom. The van der Waals surface area contributed by atoms with E-state index in [0.717, 1.165) is 18.1 Å². The maximum absolute atomic E-state index is 11.8. The van der Waals surface area contributed by atoms with Crippen LogP contribution in [-0.4, -0.2) is 29.7 Å². The van der Waals surface area contributed by atoms with Crippen molar-refractivity contribution in [2.24, 2.45) is 0 Å². The SMILES string of the molecule is CCn1ccnc1CN(C)c1ccccc1C(=O)OC. The number of methoxy groups -OCH3 is 1. The lowest BCUT2D eigenvalue weighted by Gasteiger charge is -2.21. The molecule has 0 fully saturated rings. The van der Waals surface area contributed by atoms with Crippen molar-refractivity contribution in [1.82, 2.24) is 9.55 Å². The molecule has 1 aromatic heterocycles. The molecule has 1 heterocycles. The van der Waals surface area contributed by atoms with Crippen LogP contribution in [0, 0.1) is 0 Å². The van der Waals surface area contributed by atoms with E-state index in [1.165, 1.54) is 7.11 Å². The summed E-state index contributed by atoms with van der Waals surface area (Å²) in [4.78, 5) is 18.1. The largest absolute Gasteiger partial charge is 0.465 e. The highest BCUT2D eigenvalue weighted by atomic mass is 16.5. The Hall–Kier alpha value is -2.30. The van der Waals surface area contributed by atoms with Crippen molar-refractivity contribution >= 4 is 11.7 Å². The number of aromatic nitrogens is 2. The third-order valence-electron chi connectivity index (χ3n) is 3.24. The van der Waals surface area contributed by atoms with E-state index in [9.17, 15) is 4.79 Å². The van der Waals surface area contributed by atoms with Gasteiger partial charge in [-0.2, -0.15) is 0 Å².